The summed E-state index contributed by atoms with van der Waals surface area (Å²) >= 11 is 0. The zero-order valence-electron chi connectivity index (χ0n) is 9.41. The second-order valence-corrected chi connectivity index (χ2v) is 5.67. The summed E-state index contributed by atoms with van der Waals surface area (Å²) in [4.78, 5) is 0. The van der Waals surface area contributed by atoms with Gasteiger partial charge in [0.1, 0.15) is 0 Å². The zero-order valence-corrected chi connectivity index (χ0v) is 9.41. The fourth-order valence-corrected chi connectivity index (χ4v) is 2.00. The van der Waals surface area contributed by atoms with E-state index in [2.05, 4.69) is 34.6 Å². The van der Waals surface area contributed by atoms with Crippen LogP contribution in [0.5, 0.6) is 0 Å². The summed E-state index contributed by atoms with van der Waals surface area (Å²) in [5.74, 6) is 0.821. The molecule has 0 aromatic heterocycles. The molecule has 0 radical (unpaired) electrons. The van der Waals surface area contributed by atoms with Gasteiger partial charge < -0.3 is 0 Å². The van der Waals surface area contributed by atoms with Crippen LogP contribution in [0.3, 0.4) is 0 Å². The van der Waals surface area contributed by atoms with Crippen LogP contribution in [0.25, 0.3) is 0 Å². The Morgan fingerprint density at radius 2 is 1.75 bits per heavy atom. The largest absolute Gasteiger partial charge is 0.0649 e. The predicted octanol–water partition coefficient (Wildman–Crippen LogP) is 4.25. The Morgan fingerprint density at radius 3 is 2.00 bits per heavy atom. The van der Waals surface area contributed by atoms with Crippen LogP contribution < -0.4 is 0 Å². The Hall–Kier alpha value is 0. The molecule has 0 spiro atoms. The van der Waals surface area contributed by atoms with Gasteiger partial charge in [-0.15, -0.1) is 0 Å². The highest BCUT2D eigenvalue weighted by molar-refractivity contribution is 4.96. The van der Waals surface area contributed by atoms with Crippen molar-refractivity contribution >= 4 is 0 Å². The normalized spacial score (nSPS) is 21.5. The molecule has 1 aliphatic carbocycles. The van der Waals surface area contributed by atoms with Gasteiger partial charge >= 0.3 is 0 Å². The van der Waals surface area contributed by atoms with Crippen LogP contribution in [0.15, 0.2) is 0 Å². The average molecular weight is 168 g/mol. The number of rotatable bonds is 4. The van der Waals surface area contributed by atoms with Gasteiger partial charge in [-0.3, -0.25) is 0 Å². The van der Waals surface area contributed by atoms with Crippen LogP contribution in [-0.4, -0.2) is 0 Å². The summed E-state index contributed by atoms with van der Waals surface area (Å²) in [5, 5.41) is 0. The molecule has 1 rings (SSSR count). The van der Waals surface area contributed by atoms with Crippen molar-refractivity contribution in [1.29, 1.82) is 0 Å². The van der Waals surface area contributed by atoms with E-state index in [-0.39, 0.29) is 0 Å². The van der Waals surface area contributed by atoms with Crippen molar-refractivity contribution < 1.29 is 0 Å². The minimum atomic E-state index is 0.548. The van der Waals surface area contributed by atoms with E-state index in [1.54, 1.807) is 0 Å². The van der Waals surface area contributed by atoms with Crippen molar-refractivity contribution in [2.24, 2.45) is 16.7 Å². The van der Waals surface area contributed by atoms with Crippen LogP contribution in [0, 0.1) is 16.7 Å². The van der Waals surface area contributed by atoms with Crippen molar-refractivity contribution in [1.82, 2.24) is 0 Å². The van der Waals surface area contributed by atoms with Gasteiger partial charge in [-0.25, -0.2) is 0 Å². The van der Waals surface area contributed by atoms with Crippen molar-refractivity contribution in [3.63, 3.8) is 0 Å². The summed E-state index contributed by atoms with van der Waals surface area (Å²) in [6.07, 6.45) is 5.80. The third-order valence-corrected chi connectivity index (χ3v) is 4.10. The molecular formula is C12H24. The summed E-state index contributed by atoms with van der Waals surface area (Å²) in [6.45, 7) is 11.9. The molecule has 0 aromatic rings. The van der Waals surface area contributed by atoms with E-state index in [0.29, 0.717) is 5.41 Å². The molecule has 72 valence electrons. The summed E-state index contributed by atoms with van der Waals surface area (Å²) in [5.41, 5.74) is 1.31. The van der Waals surface area contributed by atoms with Crippen LogP contribution >= 0.6 is 0 Å². The third kappa shape index (κ3) is 2.02. The lowest BCUT2D eigenvalue weighted by Gasteiger charge is -2.33. The van der Waals surface area contributed by atoms with Gasteiger partial charge in [0.2, 0.25) is 0 Å². The van der Waals surface area contributed by atoms with Crippen molar-refractivity contribution in [3.8, 4) is 0 Å². The van der Waals surface area contributed by atoms with Gasteiger partial charge in [0.05, 0.1) is 0 Å². The quantitative estimate of drug-likeness (QED) is 0.588. The molecule has 0 bridgehead atoms. The number of hydrogen-bond donors (Lipinski definition) is 0. The standard InChI is InChI=1S/C12H24/c1-6-12(7-8-12)9-11(4,5)10(2)3/h10H,6-9H2,1-5H3. The van der Waals surface area contributed by atoms with E-state index in [0.717, 1.165) is 11.3 Å². The second-order valence-electron chi connectivity index (χ2n) is 5.67. The smallest absolute Gasteiger partial charge is 0.0295 e. The summed E-state index contributed by atoms with van der Waals surface area (Å²) < 4.78 is 0. The van der Waals surface area contributed by atoms with Gasteiger partial charge in [0.25, 0.3) is 0 Å². The van der Waals surface area contributed by atoms with Crippen LogP contribution in [0.1, 0.15) is 60.3 Å². The Morgan fingerprint density at radius 1 is 1.25 bits per heavy atom. The molecule has 0 amide bonds. The first-order chi connectivity index (χ1) is 5.42. The molecule has 0 heteroatoms. The van der Waals surface area contributed by atoms with Crippen LogP contribution in [-0.2, 0) is 0 Å². The molecule has 0 heterocycles. The number of hydrogen-bond acceptors (Lipinski definition) is 0. The van der Waals surface area contributed by atoms with E-state index < -0.39 is 0 Å². The van der Waals surface area contributed by atoms with Gasteiger partial charge in [-0.2, -0.15) is 0 Å². The lowest BCUT2D eigenvalue weighted by Crippen LogP contribution is -2.23. The zero-order chi connectivity index (χ0) is 9.41. The Kier molecular flexibility index (Phi) is 2.56. The van der Waals surface area contributed by atoms with E-state index in [1.807, 2.05) is 0 Å². The highest BCUT2D eigenvalue weighted by Crippen LogP contribution is 2.56. The Balaban J connectivity index is 2.49. The van der Waals surface area contributed by atoms with Crippen LogP contribution in [0.2, 0.25) is 0 Å². The van der Waals surface area contributed by atoms with E-state index in [4.69, 9.17) is 0 Å². The maximum Gasteiger partial charge on any atom is -0.0295 e. The molecule has 12 heavy (non-hydrogen) atoms. The minimum Gasteiger partial charge on any atom is -0.0649 e. The highest BCUT2D eigenvalue weighted by Gasteiger charge is 2.44. The SMILES string of the molecule is CCC1(CC(C)(C)C(C)C)CC1. The van der Waals surface area contributed by atoms with E-state index >= 15 is 0 Å². The van der Waals surface area contributed by atoms with Crippen molar-refractivity contribution in [3.05, 3.63) is 0 Å². The van der Waals surface area contributed by atoms with Gasteiger partial charge in [-0.05, 0) is 36.0 Å². The van der Waals surface area contributed by atoms with Gasteiger partial charge in [-0.1, -0.05) is 41.0 Å². The molecule has 1 saturated carbocycles. The third-order valence-electron chi connectivity index (χ3n) is 4.10. The van der Waals surface area contributed by atoms with Crippen LogP contribution in [0.4, 0.5) is 0 Å². The Bertz CT molecular complexity index is 149. The molecule has 1 fully saturated rings. The second kappa shape index (κ2) is 3.05. The molecule has 0 atom stereocenters. The summed E-state index contributed by atoms with van der Waals surface area (Å²) in [7, 11) is 0. The molecule has 0 aliphatic heterocycles. The maximum absolute atomic E-state index is 2.42. The highest BCUT2D eigenvalue weighted by atomic mass is 14.5. The van der Waals surface area contributed by atoms with E-state index in [1.165, 1.54) is 25.7 Å². The first kappa shape index (κ1) is 10.1. The van der Waals surface area contributed by atoms with Gasteiger partial charge in [0.15, 0.2) is 0 Å². The molecule has 0 saturated heterocycles. The molecule has 0 nitrogen and oxygen atoms in total. The van der Waals surface area contributed by atoms with Gasteiger partial charge in [0, 0.05) is 0 Å². The fraction of sp³-hybridized carbons (Fsp3) is 1.00. The average Bonchev–Trinajstić information content (AvgIpc) is 2.68. The molecule has 1 aliphatic rings. The topological polar surface area (TPSA) is 0 Å². The Labute approximate surface area is 77.7 Å². The first-order valence-corrected chi connectivity index (χ1v) is 5.42. The maximum atomic E-state index is 2.42. The van der Waals surface area contributed by atoms with E-state index in [9.17, 15) is 0 Å². The van der Waals surface area contributed by atoms with Crippen molar-refractivity contribution in [2.45, 2.75) is 60.3 Å². The monoisotopic (exact) mass is 168 g/mol. The molecule has 0 aromatic carbocycles. The molecule has 0 N–H and O–H groups in total. The summed E-state index contributed by atoms with van der Waals surface area (Å²) in [6, 6.07) is 0. The first-order valence-electron chi connectivity index (χ1n) is 5.42. The molecule has 0 unspecified atom stereocenters. The predicted molar refractivity (Wildman–Crippen MR) is 55.2 cm³/mol. The lowest BCUT2D eigenvalue weighted by molar-refractivity contribution is 0.174. The molecular weight excluding hydrogens is 144 g/mol. The lowest BCUT2D eigenvalue weighted by atomic mass is 9.72. The minimum absolute atomic E-state index is 0.548. The van der Waals surface area contributed by atoms with Crippen molar-refractivity contribution in [2.75, 3.05) is 0 Å². The fourth-order valence-electron chi connectivity index (χ4n) is 2.00.